The first-order chi connectivity index (χ1) is 10.8. The predicted octanol–water partition coefficient (Wildman–Crippen LogP) is 2.57. The van der Waals surface area contributed by atoms with Crippen LogP contribution in [0.3, 0.4) is 0 Å². The van der Waals surface area contributed by atoms with Gasteiger partial charge in [0.1, 0.15) is 5.76 Å². The van der Waals surface area contributed by atoms with E-state index >= 15 is 0 Å². The molecule has 0 aromatic carbocycles. The van der Waals surface area contributed by atoms with E-state index in [9.17, 15) is 0 Å². The van der Waals surface area contributed by atoms with Gasteiger partial charge in [0.2, 0.25) is 5.89 Å². The highest BCUT2D eigenvalue weighted by Gasteiger charge is 2.39. The lowest BCUT2D eigenvalue weighted by Gasteiger charge is -2.40. The summed E-state index contributed by atoms with van der Waals surface area (Å²) in [5.74, 6) is 3.15. The second-order valence-corrected chi connectivity index (χ2v) is 6.91. The van der Waals surface area contributed by atoms with Crippen molar-refractivity contribution < 1.29 is 13.9 Å². The summed E-state index contributed by atoms with van der Waals surface area (Å²) in [4.78, 5) is 6.99. The van der Waals surface area contributed by atoms with Crippen LogP contribution in [0.1, 0.15) is 49.7 Å². The average Bonchev–Trinajstić information content (AvgIpc) is 3.11. The van der Waals surface area contributed by atoms with Gasteiger partial charge in [-0.1, -0.05) is 6.42 Å². The molecule has 2 heterocycles. The summed E-state index contributed by atoms with van der Waals surface area (Å²) in [6, 6.07) is 0.428. The molecule has 0 N–H and O–H groups in total. The number of ether oxygens (including phenoxy) is 2. The van der Waals surface area contributed by atoms with E-state index in [1.165, 1.54) is 32.1 Å². The maximum Gasteiger partial charge on any atom is 0.208 e. The van der Waals surface area contributed by atoms with Crippen molar-refractivity contribution in [1.29, 1.82) is 0 Å². The minimum atomic E-state index is 0.376. The smallest absolute Gasteiger partial charge is 0.208 e. The number of morpholine rings is 1. The molecule has 1 saturated heterocycles. The van der Waals surface area contributed by atoms with Gasteiger partial charge in [-0.15, -0.1) is 0 Å². The van der Waals surface area contributed by atoms with Gasteiger partial charge in [-0.3, -0.25) is 4.90 Å². The summed E-state index contributed by atoms with van der Waals surface area (Å²) in [7, 11) is 1.84. The number of hydrogen-bond acceptors (Lipinski definition) is 5. The normalized spacial score (nSPS) is 33.4. The Labute approximate surface area is 132 Å². The first-order valence-corrected chi connectivity index (χ1v) is 8.64. The Morgan fingerprint density at radius 1 is 1.32 bits per heavy atom. The van der Waals surface area contributed by atoms with Gasteiger partial charge in [0.15, 0.2) is 0 Å². The summed E-state index contributed by atoms with van der Waals surface area (Å²) in [6.45, 7) is 3.37. The van der Waals surface area contributed by atoms with E-state index in [-0.39, 0.29) is 0 Å². The van der Waals surface area contributed by atoms with Crippen LogP contribution in [0.2, 0.25) is 0 Å². The molecule has 1 aliphatic heterocycles. The van der Waals surface area contributed by atoms with Crippen molar-refractivity contribution in [3.8, 4) is 0 Å². The minimum absolute atomic E-state index is 0.376. The zero-order valence-electron chi connectivity index (χ0n) is 13.4. The van der Waals surface area contributed by atoms with Crippen LogP contribution in [0.25, 0.3) is 0 Å². The third kappa shape index (κ3) is 2.94. The molecule has 0 radical (unpaired) electrons. The minimum Gasteiger partial charge on any atom is -0.444 e. The fraction of sp³-hybridized carbons (Fsp3) is 0.824. The van der Waals surface area contributed by atoms with Gasteiger partial charge in [0.05, 0.1) is 32.1 Å². The van der Waals surface area contributed by atoms with Crippen LogP contribution < -0.4 is 0 Å². The zero-order chi connectivity index (χ0) is 14.9. The van der Waals surface area contributed by atoms with E-state index in [0.717, 1.165) is 38.0 Å². The van der Waals surface area contributed by atoms with Gasteiger partial charge in [-0.05, 0) is 25.7 Å². The summed E-state index contributed by atoms with van der Waals surface area (Å²) in [6.07, 6.45) is 8.49. The van der Waals surface area contributed by atoms with Gasteiger partial charge >= 0.3 is 0 Å². The first kappa shape index (κ1) is 14.7. The molecule has 0 unspecified atom stereocenters. The van der Waals surface area contributed by atoms with Crippen molar-refractivity contribution in [3.05, 3.63) is 17.8 Å². The maximum atomic E-state index is 5.95. The van der Waals surface area contributed by atoms with E-state index in [1.807, 2.05) is 13.3 Å². The van der Waals surface area contributed by atoms with Crippen molar-refractivity contribution in [2.24, 2.45) is 5.92 Å². The highest BCUT2D eigenvalue weighted by molar-refractivity contribution is 5.08. The van der Waals surface area contributed by atoms with E-state index < -0.39 is 0 Å². The summed E-state index contributed by atoms with van der Waals surface area (Å²) in [5.41, 5.74) is 0. The van der Waals surface area contributed by atoms with E-state index in [4.69, 9.17) is 13.9 Å². The highest BCUT2D eigenvalue weighted by atomic mass is 16.5. The van der Waals surface area contributed by atoms with Crippen LogP contribution in [0.4, 0.5) is 0 Å². The molecule has 0 amide bonds. The molecule has 3 aliphatic rings. The molecule has 0 bridgehead atoms. The lowest BCUT2D eigenvalue weighted by Crippen LogP contribution is -2.50. The largest absolute Gasteiger partial charge is 0.444 e. The van der Waals surface area contributed by atoms with Crippen LogP contribution in [0, 0.1) is 5.92 Å². The van der Waals surface area contributed by atoms with Gasteiger partial charge < -0.3 is 13.9 Å². The third-order valence-corrected chi connectivity index (χ3v) is 5.47. The van der Waals surface area contributed by atoms with Gasteiger partial charge in [0, 0.05) is 31.5 Å². The van der Waals surface area contributed by atoms with E-state index in [2.05, 4.69) is 9.88 Å². The SMILES string of the molecule is CO[C@@H]1CCC[C@H]1[C@H]1COCCN1Cc1ncc(C2CC2)o1. The molecule has 5 nitrogen and oxygen atoms in total. The molecular formula is C17H26N2O3. The van der Waals surface area contributed by atoms with Crippen LogP contribution in [-0.2, 0) is 16.0 Å². The molecule has 5 heteroatoms. The van der Waals surface area contributed by atoms with Crippen molar-refractivity contribution in [3.63, 3.8) is 0 Å². The Bertz CT molecular complexity index is 500. The fourth-order valence-corrected chi connectivity index (χ4v) is 4.06. The van der Waals surface area contributed by atoms with Crippen molar-refractivity contribution in [1.82, 2.24) is 9.88 Å². The molecule has 22 heavy (non-hydrogen) atoms. The Hall–Kier alpha value is -0.910. The quantitative estimate of drug-likeness (QED) is 0.837. The molecule has 4 rings (SSSR count). The molecule has 0 spiro atoms. The predicted molar refractivity (Wildman–Crippen MR) is 81.6 cm³/mol. The maximum absolute atomic E-state index is 5.95. The molecule has 1 aromatic rings. The van der Waals surface area contributed by atoms with Gasteiger partial charge in [0.25, 0.3) is 0 Å². The van der Waals surface area contributed by atoms with Crippen LogP contribution in [0.5, 0.6) is 0 Å². The van der Waals surface area contributed by atoms with Crippen LogP contribution in [0.15, 0.2) is 10.6 Å². The van der Waals surface area contributed by atoms with Gasteiger partial charge in [-0.25, -0.2) is 4.98 Å². The van der Waals surface area contributed by atoms with Crippen LogP contribution in [-0.4, -0.2) is 48.9 Å². The topological polar surface area (TPSA) is 47.7 Å². The second-order valence-electron chi connectivity index (χ2n) is 6.91. The standard InChI is InChI=1S/C17H26N2O3/c1-20-15-4-2-3-13(15)14-11-21-8-7-19(14)10-17-18-9-16(22-17)12-5-6-12/h9,12-15H,2-8,10-11H2,1H3/t13-,14+,15+/m0/s1. The van der Waals surface area contributed by atoms with Crippen molar-refractivity contribution in [2.75, 3.05) is 26.9 Å². The summed E-state index contributed by atoms with van der Waals surface area (Å²) >= 11 is 0. The number of nitrogens with zero attached hydrogens (tertiary/aromatic N) is 2. The Balaban J connectivity index is 1.45. The molecule has 2 aliphatic carbocycles. The second kappa shape index (κ2) is 6.30. The van der Waals surface area contributed by atoms with Crippen molar-refractivity contribution in [2.45, 2.75) is 56.7 Å². The fourth-order valence-electron chi connectivity index (χ4n) is 4.06. The molecule has 122 valence electrons. The molecular weight excluding hydrogens is 280 g/mol. The molecule has 2 saturated carbocycles. The zero-order valence-corrected chi connectivity index (χ0v) is 13.4. The Kier molecular flexibility index (Phi) is 4.20. The molecule has 1 aromatic heterocycles. The third-order valence-electron chi connectivity index (χ3n) is 5.47. The van der Waals surface area contributed by atoms with E-state index in [0.29, 0.717) is 24.0 Å². The number of methoxy groups -OCH3 is 1. The Morgan fingerprint density at radius 3 is 3.05 bits per heavy atom. The lowest BCUT2D eigenvalue weighted by atomic mass is 9.94. The number of aromatic nitrogens is 1. The summed E-state index contributed by atoms with van der Waals surface area (Å²) < 4.78 is 17.4. The molecule has 3 atom stereocenters. The first-order valence-electron chi connectivity index (χ1n) is 8.64. The highest BCUT2D eigenvalue weighted by Crippen LogP contribution is 2.40. The van der Waals surface area contributed by atoms with E-state index in [1.54, 1.807) is 0 Å². The number of hydrogen-bond donors (Lipinski definition) is 0. The Morgan fingerprint density at radius 2 is 2.23 bits per heavy atom. The van der Waals surface area contributed by atoms with Gasteiger partial charge in [-0.2, -0.15) is 0 Å². The molecule has 3 fully saturated rings. The lowest BCUT2D eigenvalue weighted by molar-refractivity contribution is -0.0632. The van der Waals surface area contributed by atoms with Crippen molar-refractivity contribution >= 4 is 0 Å². The summed E-state index contributed by atoms with van der Waals surface area (Å²) in [5, 5.41) is 0. The average molecular weight is 306 g/mol. The number of rotatable bonds is 5. The monoisotopic (exact) mass is 306 g/mol. The number of oxazole rings is 1. The van der Waals surface area contributed by atoms with Crippen LogP contribution >= 0.6 is 0 Å².